The second-order valence-corrected chi connectivity index (χ2v) is 7.54. The number of aromatic nitrogens is 1. The van der Waals surface area contributed by atoms with Crippen LogP contribution in [0.4, 0.5) is 13.6 Å². The molecule has 0 bridgehead atoms. The van der Waals surface area contributed by atoms with Gasteiger partial charge in [0.05, 0.1) is 16.8 Å². The Bertz CT molecular complexity index is 1020. The van der Waals surface area contributed by atoms with E-state index in [1.165, 1.54) is 35.6 Å². The van der Waals surface area contributed by atoms with Gasteiger partial charge in [-0.05, 0) is 36.8 Å². The summed E-state index contributed by atoms with van der Waals surface area (Å²) < 4.78 is 29.9. The van der Waals surface area contributed by atoms with E-state index in [-0.39, 0.29) is 12.3 Å². The molecule has 1 aliphatic heterocycles. The van der Waals surface area contributed by atoms with Crippen LogP contribution in [-0.4, -0.2) is 28.4 Å². The van der Waals surface area contributed by atoms with Crippen molar-refractivity contribution in [1.82, 2.24) is 15.2 Å². The van der Waals surface area contributed by atoms with Crippen LogP contribution in [0.1, 0.15) is 17.5 Å². The minimum atomic E-state index is -2.93. The van der Waals surface area contributed by atoms with Gasteiger partial charge in [0, 0.05) is 0 Å². The molecule has 1 saturated heterocycles. The molecule has 3 aromatic rings. The van der Waals surface area contributed by atoms with Crippen molar-refractivity contribution in [3.05, 3.63) is 59.1 Å². The van der Waals surface area contributed by atoms with Crippen LogP contribution < -0.4 is 10.1 Å². The molecule has 1 aliphatic rings. The maximum absolute atomic E-state index is 13.0. The lowest BCUT2D eigenvalue weighted by Gasteiger charge is -2.22. The highest BCUT2D eigenvalue weighted by Gasteiger charge is 2.49. The number of alkyl halides is 2. The van der Waals surface area contributed by atoms with Crippen molar-refractivity contribution in [3.8, 4) is 5.75 Å². The van der Waals surface area contributed by atoms with E-state index in [1.54, 1.807) is 6.92 Å². The van der Waals surface area contributed by atoms with Gasteiger partial charge in [0.1, 0.15) is 16.3 Å². The molecule has 0 aliphatic carbocycles. The first-order valence-corrected chi connectivity index (χ1v) is 9.22. The van der Waals surface area contributed by atoms with E-state index in [0.29, 0.717) is 10.6 Å². The number of fused-ring (bicyclic) bond motifs is 1. The minimum absolute atomic E-state index is 0.0227. The van der Waals surface area contributed by atoms with Gasteiger partial charge in [-0.2, -0.15) is 8.78 Å². The number of urea groups is 1. The van der Waals surface area contributed by atoms with Gasteiger partial charge in [-0.1, -0.05) is 24.3 Å². The predicted octanol–water partition coefficient (Wildman–Crippen LogP) is 3.86. The summed E-state index contributed by atoms with van der Waals surface area (Å²) in [5.74, 6) is -0.454. The molecule has 1 fully saturated rings. The van der Waals surface area contributed by atoms with Gasteiger partial charge in [0.15, 0.2) is 0 Å². The van der Waals surface area contributed by atoms with Crippen LogP contribution in [0, 0.1) is 0 Å². The molecule has 2 aromatic carbocycles. The molecule has 0 spiro atoms. The van der Waals surface area contributed by atoms with Crippen LogP contribution in [0.25, 0.3) is 10.2 Å². The molecule has 1 N–H and O–H groups in total. The molecule has 144 valence electrons. The van der Waals surface area contributed by atoms with Crippen molar-refractivity contribution in [2.75, 3.05) is 0 Å². The lowest BCUT2D eigenvalue weighted by atomic mass is 9.92. The number of nitrogens with one attached hydrogen (secondary N) is 1. The number of hydrogen-bond donors (Lipinski definition) is 1. The van der Waals surface area contributed by atoms with Crippen LogP contribution >= 0.6 is 11.3 Å². The van der Waals surface area contributed by atoms with Gasteiger partial charge in [-0.3, -0.25) is 9.69 Å². The third-order valence-corrected chi connectivity index (χ3v) is 5.58. The Balaban J connectivity index is 1.57. The fraction of sp³-hybridized carbons (Fsp3) is 0.211. The van der Waals surface area contributed by atoms with Crippen LogP contribution in [0.5, 0.6) is 5.75 Å². The number of hydrogen-bond acceptors (Lipinski definition) is 5. The Kier molecular flexibility index (Phi) is 4.46. The molecule has 6 nitrogen and oxygen atoms in total. The van der Waals surface area contributed by atoms with Crippen LogP contribution in [-0.2, 0) is 16.9 Å². The summed E-state index contributed by atoms with van der Waals surface area (Å²) in [7, 11) is 0. The highest BCUT2D eigenvalue weighted by Crippen LogP contribution is 2.32. The molecule has 2 heterocycles. The highest BCUT2D eigenvalue weighted by molar-refractivity contribution is 7.18. The number of carbonyl (C=O) groups is 2. The SMILES string of the molecule is CC1(c2ccc(OC(F)F)cc2)NC(=O)N(Cc2nc3ccccc3s2)C1=O. The van der Waals surface area contributed by atoms with Crippen molar-refractivity contribution in [2.45, 2.75) is 25.6 Å². The number of carbonyl (C=O) groups excluding carboxylic acids is 2. The first-order chi connectivity index (χ1) is 13.4. The van der Waals surface area contributed by atoms with E-state index in [1.807, 2.05) is 24.3 Å². The topological polar surface area (TPSA) is 71.5 Å². The first kappa shape index (κ1) is 18.3. The Labute approximate surface area is 162 Å². The summed E-state index contributed by atoms with van der Waals surface area (Å²) in [4.78, 5) is 31.0. The normalized spacial score (nSPS) is 19.5. The standard InChI is InChI=1S/C19H15F2N3O3S/c1-19(11-6-8-12(9-7-11)27-17(20)21)16(25)24(18(26)23-19)10-15-22-13-4-2-3-5-14(13)28-15/h2-9,17H,10H2,1H3,(H,23,26). The molecule has 0 saturated carbocycles. The van der Waals surface area contributed by atoms with Crippen molar-refractivity contribution in [2.24, 2.45) is 0 Å². The number of amides is 3. The van der Waals surface area contributed by atoms with Crippen molar-refractivity contribution >= 4 is 33.5 Å². The molecule has 3 amide bonds. The van der Waals surface area contributed by atoms with Crippen LogP contribution in [0.3, 0.4) is 0 Å². The first-order valence-electron chi connectivity index (χ1n) is 8.41. The zero-order valence-corrected chi connectivity index (χ0v) is 15.5. The molecule has 4 rings (SSSR count). The average molecular weight is 403 g/mol. The highest BCUT2D eigenvalue weighted by atomic mass is 32.1. The third kappa shape index (κ3) is 3.18. The van der Waals surface area contributed by atoms with E-state index in [2.05, 4.69) is 15.0 Å². The second kappa shape index (κ2) is 6.83. The zero-order chi connectivity index (χ0) is 19.9. The maximum Gasteiger partial charge on any atom is 0.387 e. The third-order valence-electron chi connectivity index (χ3n) is 4.56. The summed E-state index contributed by atoms with van der Waals surface area (Å²) >= 11 is 1.42. The fourth-order valence-corrected chi connectivity index (χ4v) is 4.09. The number of para-hydroxylation sites is 1. The summed E-state index contributed by atoms with van der Waals surface area (Å²) in [6.07, 6.45) is 0. The molecular formula is C19H15F2N3O3S. The van der Waals surface area contributed by atoms with E-state index in [0.717, 1.165) is 15.1 Å². The number of ether oxygens (including phenoxy) is 1. The summed E-state index contributed by atoms with van der Waals surface area (Å²) in [5.41, 5.74) is -0.0110. The van der Waals surface area contributed by atoms with E-state index < -0.39 is 24.1 Å². The monoisotopic (exact) mass is 403 g/mol. The molecule has 1 unspecified atom stereocenters. The molecule has 0 radical (unpaired) electrons. The molecular weight excluding hydrogens is 388 g/mol. The van der Waals surface area contributed by atoms with Crippen molar-refractivity contribution in [1.29, 1.82) is 0 Å². The van der Waals surface area contributed by atoms with E-state index >= 15 is 0 Å². The van der Waals surface area contributed by atoms with Gasteiger partial charge in [0.25, 0.3) is 5.91 Å². The second-order valence-electron chi connectivity index (χ2n) is 6.42. The van der Waals surface area contributed by atoms with Crippen LogP contribution in [0.15, 0.2) is 48.5 Å². The summed E-state index contributed by atoms with van der Waals surface area (Å²) in [6, 6.07) is 12.7. The lowest BCUT2D eigenvalue weighted by Crippen LogP contribution is -2.40. The largest absolute Gasteiger partial charge is 0.435 e. The molecule has 9 heteroatoms. The van der Waals surface area contributed by atoms with Gasteiger partial charge in [0.2, 0.25) is 0 Å². The predicted molar refractivity (Wildman–Crippen MR) is 99.1 cm³/mol. The Morgan fingerprint density at radius 1 is 1.18 bits per heavy atom. The Morgan fingerprint density at radius 3 is 2.57 bits per heavy atom. The molecule has 1 aromatic heterocycles. The van der Waals surface area contributed by atoms with Crippen molar-refractivity contribution in [3.63, 3.8) is 0 Å². The summed E-state index contributed by atoms with van der Waals surface area (Å²) in [5, 5.41) is 3.33. The molecule has 1 atom stereocenters. The van der Waals surface area contributed by atoms with Gasteiger partial charge < -0.3 is 10.1 Å². The number of imide groups is 1. The zero-order valence-electron chi connectivity index (χ0n) is 14.7. The minimum Gasteiger partial charge on any atom is -0.435 e. The molecule has 28 heavy (non-hydrogen) atoms. The van der Waals surface area contributed by atoms with Crippen LogP contribution in [0.2, 0.25) is 0 Å². The fourth-order valence-electron chi connectivity index (χ4n) is 3.13. The van der Waals surface area contributed by atoms with Gasteiger partial charge in [-0.15, -0.1) is 11.3 Å². The number of rotatable bonds is 5. The van der Waals surface area contributed by atoms with E-state index in [9.17, 15) is 18.4 Å². The lowest BCUT2D eigenvalue weighted by molar-refractivity contribution is -0.131. The van der Waals surface area contributed by atoms with Crippen molar-refractivity contribution < 1.29 is 23.1 Å². The number of nitrogens with zero attached hydrogens (tertiary/aromatic N) is 2. The Morgan fingerprint density at radius 2 is 1.89 bits per heavy atom. The Hall–Kier alpha value is -3.07. The van der Waals surface area contributed by atoms with E-state index in [4.69, 9.17) is 0 Å². The number of benzene rings is 2. The maximum atomic E-state index is 13.0. The smallest absolute Gasteiger partial charge is 0.387 e. The van der Waals surface area contributed by atoms with Gasteiger partial charge in [-0.25, -0.2) is 9.78 Å². The quantitative estimate of drug-likeness (QED) is 0.657. The average Bonchev–Trinajstić information content (AvgIpc) is 3.16. The number of thiazole rings is 1. The number of halogens is 2. The van der Waals surface area contributed by atoms with Gasteiger partial charge >= 0.3 is 12.6 Å². The summed E-state index contributed by atoms with van der Waals surface area (Å²) in [6.45, 7) is -1.29.